The summed E-state index contributed by atoms with van der Waals surface area (Å²) in [5.74, 6) is 1.10. The highest BCUT2D eigenvalue weighted by atomic mass is 16.5. The van der Waals surface area contributed by atoms with Crippen LogP contribution in [-0.2, 0) is 16.0 Å². The van der Waals surface area contributed by atoms with E-state index in [0.29, 0.717) is 19.3 Å². The minimum Gasteiger partial charge on any atom is -0.381 e. The number of rotatable bonds is 5. The van der Waals surface area contributed by atoms with Gasteiger partial charge in [-0.05, 0) is 12.8 Å². The number of ether oxygens (including phenoxy) is 2. The van der Waals surface area contributed by atoms with Gasteiger partial charge in [0.1, 0.15) is 0 Å². The Morgan fingerprint density at radius 3 is 2.50 bits per heavy atom. The van der Waals surface area contributed by atoms with Gasteiger partial charge in [0.2, 0.25) is 5.95 Å². The number of nitrogen functional groups attached to an aromatic ring is 1. The van der Waals surface area contributed by atoms with Crippen molar-refractivity contribution in [3.8, 4) is 11.3 Å². The minimum absolute atomic E-state index is 0.248. The summed E-state index contributed by atoms with van der Waals surface area (Å²) in [6.07, 6.45) is 9.51. The van der Waals surface area contributed by atoms with Crippen LogP contribution in [0.5, 0.6) is 0 Å². The van der Waals surface area contributed by atoms with Crippen LogP contribution in [0, 0.1) is 0 Å². The lowest BCUT2D eigenvalue weighted by atomic mass is 10.1. The van der Waals surface area contributed by atoms with Gasteiger partial charge >= 0.3 is 0 Å². The zero-order chi connectivity index (χ0) is 20.3. The first kappa shape index (κ1) is 19.2. The Labute approximate surface area is 174 Å². The predicted octanol–water partition coefficient (Wildman–Crippen LogP) is 0.874. The largest absolute Gasteiger partial charge is 0.381 e. The molecular formula is C20H26N8O2. The predicted molar refractivity (Wildman–Crippen MR) is 112 cm³/mol. The molecule has 10 nitrogen and oxygen atoms in total. The number of anilines is 2. The van der Waals surface area contributed by atoms with E-state index >= 15 is 0 Å². The molecule has 0 spiro atoms. The molecule has 0 atom stereocenters. The number of hydrogen-bond donors (Lipinski definition) is 2. The fraction of sp³-hybridized carbons (Fsp3) is 0.500. The summed E-state index contributed by atoms with van der Waals surface area (Å²) in [5.41, 5.74) is 9.08. The first-order valence-electron chi connectivity index (χ1n) is 10.4. The van der Waals surface area contributed by atoms with E-state index in [1.807, 2.05) is 10.6 Å². The second-order valence-corrected chi connectivity index (χ2v) is 7.61. The second kappa shape index (κ2) is 8.50. The van der Waals surface area contributed by atoms with E-state index in [0.717, 1.165) is 74.1 Å². The normalized spacial score (nSPS) is 18.2. The number of fused-ring (bicyclic) bond motifs is 1. The van der Waals surface area contributed by atoms with Crippen LogP contribution in [0.1, 0.15) is 18.5 Å². The fourth-order valence-corrected chi connectivity index (χ4v) is 3.87. The van der Waals surface area contributed by atoms with Gasteiger partial charge in [0, 0.05) is 69.2 Å². The highest BCUT2D eigenvalue weighted by Gasteiger charge is 2.20. The lowest BCUT2D eigenvalue weighted by molar-refractivity contribution is 0.0775. The number of morpholine rings is 1. The number of imidazole rings is 1. The monoisotopic (exact) mass is 410 g/mol. The molecule has 0 saturated carbocycles. The zero-order valence-corrected chi connectivity index (χ0v) is 16.8. The lowest BCUT2D eigenvalue weighted by Crippen LogP contribution is -2.37. The van der Waals surface area contributed by atoms with Gasteiger partial charge < -0.3 is 29.8 Å². The molecule has 0 bridgehead atoms. The molecule has 3 aromatic heterocycles. The lowest BCUT2D eigenvalue weighted by Gasteiger charge is -2.28. The molecule has 0 radical (unpaired) electrons. The topological polar surface area (TPSA) is 116 Å². The van der Waals surface area contributed by atoms with E-state index in [-0.39, 0.29) is 5.95 Å². The summed E-state index contributed by atoms with van der Waals surface area (Å²) in [6, 6.07) is 0.475. The van der Waals surface area contributed by atoms with E-state index in [9.17, 15) is 0 Å². The van der Waals surface area contributed by atoms with Gasteiger partial charge in [-0.25, -0.2) is 19.9 Å². The van der Waals surface area contributed by atoms with Crippen LogP contribution in [0.15, 0.2) is 24.8 Å². The standard InChI is InChI=1S/C20H26N8O2/c21-20-23-9-14(10-24-20)17-13-28-12-16(11-22-15-1-5-29-6-2-15)25-18(28)19(26-17)27-3-7-30-8-4-27/h9-10,12-13,15,22H,1-8,11H2,(H2,21,23,24). The molecule has 5 rings (SSSR count). The minimum atomic E-state index is 0.248. The van der Waals surface area contributed by atoms with E-state index in [4.69, 9.17) is 25.2 Å². The van der Waals surface area contributed by atoms with Crippen molar-refractivity contribution in [2.45, 2.75) is 25.4 Å². The third-order valence-electron chi connectivity index (χ3n) is 5.54. The molecule has 158 valence electrons. The van der Waals surface area contributed by atoms with Crippen molar-refractivity contribution >= 4 is 17.4 Å². The molecule has 0 aliphatic carbocycles. The quantitative estimate of drug-likeness (QED) is 0.632. The Bertz CT molecular complexity index is 994. The van der Waals surface area contributed by atoms with Crippen LogP contribution in [-0.4, -0.2) is 69.9 Å². The summed E-state index contributed by atoms with van der Waals surface area (Å²) in [4.78, 5) is 20.3. The SMILES string of the molecule is Nc1ncc(-c2cn3cc(CNC4CCOCC4)nc3c(N3CCOCC3)n2)cn1. The molecule has 30 heavy (non-hydrogen) atoms. The number of hydrogen-bond acceptors (Lipinski definition) is 9. The van der Waals surface area contributed by atoms with Crippen LogP contribution < -0.4 is 16.0 Å². The molecule has 2 aliphatic rings. The maximum atomic E-state index is 5.65. The van der Waals surface area contributed by atoms with Gasteiger partial charge in [-0.3, -0.25) is 0 Å². The van der Waals surface area contributed by atoms with E-state index < -0.39 is 0 Å². The molecule has 2 saturated heterocycles. The van der Waals surface area contributed by atoms with Crippen molar-refractivity contribution in [1.29, 1.82) is 0 Å². The van der Waals surface area contributed by atoms with E-state index in [2.05, 4.69) is 26.4 Å². The van der Waals surface area contributed by atoms with Gasteiger partial charge in [0.25, 0.3) is 0 Å². The van der Waals surface area contributed by atoms with Crippen molar-refractivity contribution in [3.05, 3.63) is 30.5 Å². The molecule has 0 unspecified atom stereocenters. The van der Waals surface area contributed by atoms with Crippen LogP contribution in [0.25, 0.3) is 16.9 Å². The number of nitrogens with one attached hydrogen (secondary N) is 1. The smallest absolute Gasteiger partial charge is 0.219 e. The van der Waals surface area contributed by atoms with Crippen molar-refractivity contribution in [2.24, 2.45) is 0 Å². The molecule has 3 aromatic rings. The Morgan fingerprint density at radius 2 is 1.73 bits per heavy atom. The van der Waals surface area contributed by atoms with Gasteiger partial charge in [-0.15, -0.1) is 0 Å². The second-order valence-electron chi connectivity index (χ2n) is 7.61. The highest BCUT2D eigenvalue weighted by Crippen LogP contribution is 2.25. The summed E-state index contributed by atoms with van der Waals surface area (Å²) in [7, 11) is 0. The Kier molecular flexibility index (Phi) is 5.43. The Morgan fingerprint density at radius 1 is 1.00 bits per heavy atom. The number of nitrogens with two attached hydrogens (primary N) is 1. The molecule has 0 aromatic carbocycles. The maximum Gasteiger partial charge on any atom is 0.219 e. The summed E-state index contributed by atoms with van der Waals surface area (Å²) in [6.45, 7) is 5.29. The summed E-state index contributed by atoms with van der Waals surface area (Å²) >= 11 is 0. The van der Waals surface area contributed by atoms with Gasteiger partial charge in [0.15, 0.2) is 11.5 Å². The number of aromatic nitrogens is 5. The summed E-state index contributed by atoms with van der Waals surface area (Å²) in [5, 5.41) is 3.61. The fourth-order valence-electron chi connectivity index (χ4n) is 3.87. The maximum absolute atomic E-state index is 5.65. The van der Waals surface area contributed by atoms with Crippen LogP contribution in [0.2, 0.25) is 0 Å². The first-order valence-corrected chi connectivity index (χ1v) is 10.4. The van der Waals surface area contributed by atoms with Crippen LogP contribution >= 0.6 is 0 Å². The average molecular weight is 410 g/mol. The van der Waals surface area contributed by atoms with Crippen LogP contribution in [0.3, 0.4) is 0 Å². The van der Waals surface area contributed by atoms with Gasteiger partial charge in [-0.1, -0.05) is 0 Å². The van der Waals surface area contributed by atoms with Crippen molar-refractivity contribution in [2.75, 3.05) is 50.2 Å². The zero-order valence-electron chi connectivity index (χ0n) is 16.8. The molecule has 2 fully saturated rings. The van der Waals surface area contributed by atoms with Gasteiger partial charge in [0.05, 0.1) is 24.6 Å². The van der Waals surface area contributed by atoms with Crippen LogP contribution in [0.4, 0.5) is 11.8 Å². The molecule has 0 amide bonds. The highest BCUT2D eigenvalue weighted by molar-refractivity contribution is 5.70. The molecular weight excluding hydrogens is 384 g/mol. The van der Waals surface area contributed by atoms with Crippen molar-refractivity contribution in [3.63, 3.8) is 0 Å². The van der Waals surface area contributed by atoms with E-state index in [1.54, 1.807) is 12.4 Å². The Hall–Kier alpha value is -2.82. The molecule has 10 heteroatoms. The molecule has 5 heterocycles. The number of nitrogens with zero attached hydrogens (tertiary/aromatic N) is 6. The van der Waals surface area contributed by atoms with Crippen molar-refractivity contribution < 1.29 is 9.47 Å². The Balaban J connectivity index is 1.48. The third kappa shape index (κ3) is 4.07. The van der Waals surface area contributed by atoms with E-state index in [1.165, 1.54) is 0 Å². The average Bonchev–Trinajstić information content (AvgIpc) is 3.22. The van der Waals surface area contributed by atoms with Gasteiger partial charge in [-0.2, -0.15) is 0 Å². The first-order chi connectivity index (χ1) is 14.8. The summed E-state index contributed by atoms with van der Waals surface area (Å²) < 4.78 is 13.0. The molecule has 3 N–H and O–H groups in total. The van der Waals surface area contributed by atoms with Crippen molar-refractivity contribution in [1.82, 2.24) is 29.7 Å². The molecule has 2 aliphatic heterocycles. The third-order valence-corrected chi connectivity index (χ3v) is 5.54.